The molecule has 3 rings (SSSR count). The molecule has 0 bridgehead atoms. The monoisotopic (exact) mass is 302 g/mol. The van der Waals surface area contributed by atoms with Crippen LogP contribution in [0.2, 0.25) is 0 Å². The molecule has 1 saturated heterocycles. The summed E-state index contributed by atoms with van der Waals surface area (Å²) in [4.78, 5) is 17.1. The van der Waals surface area contributed by atoms with Crippen LogP contribution in [0.3, 0.4) is 0 Å². The minimum absolute atomic E-state index is 0.0886. The standard InChI is InChI=1S/C16H22N4O2/c1-9(2)13-7-12(14-10(3)20-22-16(14)19-13)15(21)18-8-11-5-4-6-17-11/h7,9,11,17H,4-6,8H2,1-3H3,(H,18,21). The highest BCUT2D eigenvalue weighted by molar-refractivity contribution is 6.06. The minimum atomic E-state index is -0.0886. The smallest absolute Gasteiger partial charge is 0.259 e. The van der Waals surface area contributed by atoms with E-state index in [4.69, 9.17) is 4.52 Å². The first-order chi connectivity index (χ1) is 10.6. The van der Waals surface area contributed by atoms with Gasteiger partial charge in [-0.25, -0.2) is 4.98 Å². The summed E-state index contributed by atoms with van der Waals surface area (Å²) in [6.07, 6.45) is 2.28. The van der Waals surface area contributed by atoms with E-state index in [1.54, 1.807) is 0 Å². The third-order valence-electron chi connectivity index (χ3n) is 4.14. The molecule has 1 fully saturated rings. The number of hydrogen-bond donors (Lipinski definition) is 2. The number of aromatic nitrogens is 2. The second-order valence-electron chi connectivity index (χ2n) is 6.20. The van der Waals surface area contributed by atoms with Gasteiger partial charge in [0.15, 0.2) is 0 Å². The Bertz CT molecular complexity index is 687. The van der Waals surface area contributed by atoms with Crippen molar-refractivity contribution in [2.75, 3.05) is 13.1 Å². The number of rotatable bonds is 4. The number of pyridine rings is 1. The lowest BCUT2D eigenvalue weighted by Gasteiger charge is -2.13. The highest BCUT2D eigenvalue weighted by atomic mass is 16.5. The highest BCUT2D eigenvalue weighted by Gasteiger charge is 2.21. The van der Waals surface area contributed by atoms with Gasteiger partial charge in [-0.2, -0.15) is 0 Å². The fraction of sp³-hybridized carbons (Fsp3) is 0.562. The molecular formula is C16H22N4O2. The number of nitrogens with one attached hydrogen (secondary N) is 2. The lowest BCUT2D eigenvalue weighted by molar-refractivity contribution is 0.0951. The van der Waals surface area contributed by atoms with Gasteiger partial charge in [-0.15, -0.1) is 0 Å². The third-order valence-corrected chi connectivity index (χ3v) is 4.14. The Kier molecular flexibility index (Phi) is 4.11. The van der Waals surface area contributed by atoms with E-state index in [1.807, 2.05) is 26.8 Å². The largest absolute Gasteiger partial charge is 0.350 e. The number of fused-ring (bicyclic) bond motifs is 1. The molecule has 0 spiro atoms. The zero-order valence-electron chi connectivity index (χ0n) is 13.3. The zero-order valence-corrected chi connectivity index (χ0v) is 13.3. The Morgan fingerprint density at radius 2 is 2.36 bits per heavy atom. The number of aryl methyl sites for hydroxylation is 1. The number of nitrogens with zero attached hydrogens (tertiary/aromatic N) is 2. The topological polar surface area (TPSA) is 80.0 Å². The van der Waals surface area contributed by atoms with Crippen LogP contribution in [-0.4, -0.2) is 35.2 Å². The first-order valence-electron chi connectivity index (χ1n) is 7.84. The van der Waals surface area contributed by atoms with E-state index in [0.29, 0.717) is 34.9 Å². The summed E-state index contributed by atoms with van der Waals surface area (Å²) in [6, 6.07) is 2.23. The predicted molar refractivity (Wildman–Crippen MR) is 84.0 cm³/mol. The van der Waals surface area contributed by atoms with Crippen LogP contribution in [0.25, 0.3) is 11.1 Å². The van der Waals surface area contributed by atoms with E-state index in [2.05, 4.69) is 20.8 Å². The Hall–Kier alpha value is -1.95. The molecule has 1 unspecified atom stereocenters. The van der Waals surface area contributed by atoms with Crippen LogP contribution in [-0.2, 0) is 0 Å². The zero-order chi connectivity index (χ0) is 15.7. The van der Waals surface area contributed by atoms with Gasteiger partial charge in [0.1, 0.15) is 0 Å². The van der Waals surface area contributed by atoms with Crippen molar-refractivity contribution >= 4 is 17.0 Å². The molecule has 3 heterocycles. The first kappa shape index (κ1) is 15.0. The maximum absolute atomic E-state index is 12.6. The van der Waals surface area contributed by atoms with Crippen LogP contribution < -0.4 is 10.6 Å². The van der Waals surface area contributed by atoms with Crippen molar-refractivity contribution in [3.05, 3.63) is 23.0 Å². The number of hydrogen-bond acceptors (Lipinski definition) is 5. The van der Waals surface area contributed by atoms with Crippen molar-refractivity contribution in [1.29, 1.82) is 0 Å². The maximum atomic E-state index is 12.6. The molecule has 22 heavy (non-hydrogen) atoms. The predicted octanol–water partition coefficient (Wildman–Crippen LogP) is 2.14. The van der Waals surface area contributed by atoms with E-state index in [9.17, 15) is 4.79 Å². The average molecular weight is 302 g/mol. The van der Waals surface area contributed by atoms with Crippen molar-refractivity contribution in [1.82, 2.24) is 20.8 Å². The lowest BCUT2D eigenvalue weighted by Crippen LogP contribution is -2.37. The Labute approximate surface area is 129 Å². The lowest BCUT2D eigenvalue weighted by atomic mass is 10.0. The summed E-state index contributed by atoms with van der Waals surface area (Å²) in [5, 5.41) is 11.1. The molecule has 118 valence electrons. The van der Waals surface area contributed by atoms with Crippen LogP contribution in [0.1, 0.15) is 54.4 Å². The van der Waals surface area contributed by atoms with Gasteiger partial charge >= 0.3 is 0 Å². The Morgan fingerprint density at radius 1 is 1.55 bits per heavy atom. The third kappa shape index (κ3) is 2.83. The van der Waals surface area contributed by atoms with E-state index < -0.39 is 0 Å². The van der Waals surface area contributed by atoms with Crippen molar-refractivity contribution < 1.29 is 9.32 Å². The van der Waals surface area contributed by atoms with E-state index >= 15 is 0 Å². The van der Waals surface area contributed by atoms with Gasteiger partial charge < -0.3 is 15.2 Å². The highest BCUT2D eigenvalue weighted by Crippen LogP contribution is 2.25. The molecule has 1 aliphatic rings. The number of carbonyl (C=O) groups excluding carboxylic acids is 1. The van der Waals surface area contributed by atoms with Crippen molar-refractivity contribution in [3.8, 4) is 0 Å². The van der Waals surface area contributed by atoms with Crippen molar-refractivity contribution in [2.45, 2.75) is 45.6 Å². The second-order valence-corrected chi connectivity index (χ2v) is 6.20. The molecule has 0 aliphatic carbocycles. The van der Waals surface area contributed by atoms with E-state index in [0.717, 1.165) is 18.7 Å². The quantitative estimate of drug-likeness (QED) is 0.904. The molecule has 0 radical (unpaired) electrons. The normalized spacial score (nSPS) is 18.3. The van der Waals surface area contributed by atoms with Gasteiger partial charge in [0.05, 0.1) is 16.6 Å². The van der Waals surface area contributed by atoms with Crippen LogP contribution in [0, 0.1) is 6.92 Å². The van der Waals surface area contributed by atoms with Gasteiger partial charge in [-0.1, -0.05) is 19.0 Å². The minimum Gasteiger partial charge on any atom is -0.350 e. The molecule has 2 aromatic heterocycles. The average Bonchev–Trinajstić information content (AvgIpc) is 3.14. The van der Waals surface area contributed by atoms with Gasteiger partial charge in [0, 0.05) is 18.3 Å². The van der Waals surface area contributed by atoms with Crippen molar-refractivity contribution in [2.24, 2.45) is 0 Å². The molecule has 0 aromatic carbocycles. The molecule has 1 amide bonds. The Balaban J connectivity index is 1.89. The molecule has 1 aliphatic heterocycles. The summed E-state index contributed by atoms with van der Waals surface area (Å²) in [7, 11) is 0. The van der Waals surface area contributed by atoms with Gasteiger partial charge in [0.2, 0.25) is 0 Å². The summed E-state index contributed by atoms with van der Waals surface area (Å²) in [5.41, 5.74) is 2.58. The van der Waals surface area contributed by atoms with Crippen LogP contribution in [0.4, 0.5) is 0 Å². The molecule has 6 heteroatoms. The summed E-state index contributed by atoms with van der Waals surface area (Å²) in [6.45, 7) is 7.59. The van der Waals surface area contributed by atoms with Crippen LogP contribution >= 0.6 is 0 Å². The number of amides is 1. The molecule has 1 atom stereocenters. The van der Waals surface area contributed by atoms with Crippen LogP contribution in [0.5, 0.6) is 0 Å². The maximum Gasteiger partial charge on any atom is 0.259 e. The van der Waals surface area contributed by atoms with Gasteiger partial charge in [0.25, 0.3) is 11.6 Å². The molecule has 2 N–H and O–H groups in total. The molecule has 0 saturated carbocycles. The molecular weight excluding hydrogens is 280 g/mol. The fourth-order valence-corrected chi connectivity index (χ4v) is 2.83. The van der Waals surface area contributed by atoms with E-state index in [-0.39, 0.29) is 11.8 Å². The Morgan fingerprint density at radius 3 is 3.05 bits per heavy atom. The molecule has 6 nitrogen and oxygen atoms in total. The van der Waals surface area contributed by atoms with Gasteiger partial charge in [-0.3, -0.25) is 4.79 Å². The van der Waals surface area contributed by atoms with Crippen molar-refractivity contribution in [3.63, 3.8) is 0 Å². The van der Waals surface area contributed by atoms with Gasteiger partial charge in [-0.05, 0) is 38.3 Å². The van der Waals surface area contributed by atoms with E-state index in [1.165, 1.54) is 6.42 Å². The summed E-state index contributed by atoms with van der Waals surface area (Å²) in [5.74, 6) is 0.132. The fourth-order valence-electron chi connectivity index (χ4n) is 2.83. The first-order valence-corrected chi connectivity index (χ1v) is 7.84. The summed E-state index contributed by atoms with van der Waals surface area (Å²) < 4.78 is 5.25. The molecule has 2 aromatic rings. The number of carbonyl (C=O) groups is 1. The van der Waals surface area contributed by atoms with Crippen LogP contribution in [0.15, 0.2) is 10.6 Å². The SMILES string of the molecule is Cc1noc2nc(C(C)C)cc(C(=O)NCC3CCCN3)c12. The summed E-state index contributed by atoms with van der Waals surface area (Å²) >= 11 is 0. The second kappa shape index (κ2) is 6.04.